The lowest BCUT2D eigenvalue weighted by molar-refractivity contribution is 0.180. The van der Waals surface area contributed by atoms with Crippen molar-refractivity contribution in [1.82, 2.24) is 0 Å². The monoisotopic (exact) mass is 216 g/mol. The van der Waals surface area contributed by atoms with Gasteiger partial charge in [0.2, 0.25) is 0 Å². The fraction of sp³-hybridized carbons (Fsp3) is 1.00. The highest BCUT2D eigenvalue weighted by molar-refractivity contribution is 4.67. The number of hydrogen-bond acceptors (Lipinski definition) is 5. The van der Waals surface area contributed by atoms with E-state index in [1.165, 1.54) is 0 Å². The Morgan fingerprint density at radius 1 is 1.07 bits per heavy atom. The van der Waals surface area contributed by atoms with E-state index in [4.69, 9.17) is 5.11 Å². The smallest absolute Gasteiger partial charge is 0.115 e. The van der Waals surface area contributed by atoms with Crippen LogP contribution >= 0.6 is 0 Å². The highest BCUT2D eigenvalue weighted by Gasteiger charge is 2.07. The lowest BCUT2D eigenvalue weighted by atomic mass is 10.1. The minimum Gasteiger partial charge on any atom is -0.393 e. The lowest BCUT2D eigenvalue weighted by Crippen LogP contribution is -2.07. The lowest BCUT2D eigenvalue weighted by Gasteiger charge is -2.05. The van der Waals surface area contributed by atoms with Crippen molar-refractivity contribution in [3.8, 4) is 0 Å². The Labute approximate surface area is 90.2 Å². The first-order valence-electron chi connectivity index (χ1n) is 5.50. The van der Waals surface area contributed by atoms with Gasteiger partial charge < -0.3 is 5.11 Å². The zero-order chi connectivity index (χ0) is 11.5. The molecule has 0 rings (SSSR count). The first kappa shape index (κ1) is 14.2. The second-order valence-electron chi connectivity index (χ2n) is 3.91. The number of nitrogens with zero attached hydrogens (tertiary/aromatic N) is 2. The Balaban J connectivity index is 3.28. The van der Waals surface area contributed by atoms with Crippen LogP contribution in [0.3, 0.4) is 0 Å². The Kier molecular flexibility index (Phi) is 9.16. The van der Waals surface area contributed by atoms with E-state index < -0.39 is 6.04 Å². The van der Waals surface area contributed by atoms with Crippen LogP contribution in [0.4, 0.5) is 0 Å². The van der Waals surface area contributed by atoms with Crippen LogP contribution in [0.1, 0.15) is 45.4 Å². The molecular formula is C10H20N2O3. The molecule has 0 bridgehead atoms. The molecule has 0 aliphatic rings. The van der Waals surface area contributed by atoms with Crippen molar-refractivity contribution >= 4 is 0 Å². The zero-order valence-corrected chi connectivity index (χ0v) is 9.26. The first-order chi connectivity index (χ1) is 7.20. The minimum atomic E-state index is -0.445. The molecule has 0 aliphatic carbocycles. The molecule has 0 amide bonds. The molecule has 0 fully saturated rings. The quantitative estimate of drug-likeness (QED) is 0.450. The minimum absolute atomic E-state index is 0.00280. The molecule has 15 heavy (non-hydrogen) atoms. The van der Waals surface area contributed by atoms with E-state index in [9.17, 15) is 9.81 Å². The average molecular weight is 216 g/mol. The van der Waals surface area contributed by atoms with Crippen LogP contribution in [0, 0.1) is 9.81 Å². The summed E-state index contributed by atoms with van der Waals surface area (Å²) in [5, 5.41) is 14.5. The summed E-state index contributed by atoms with van der Waals surface area (Å²) >= 11 is 0. The topological polar surface area (TPSA) is 79.1 Å². The summed E-state index contributed by atoms with van der Waals surface area (Å²) in [4.78, 5) is 20.1. The summed E-state index contributed by atoms with van der Waals surface area (Å²) < 4.78 is 0. The molecule has 5 heteroatoms. The fourth-order valence-corrected chi connectivity index (χ4v) is 1.44. The van der Waals surface area contributed by atoms with Gasteiger partial charge in [-0.15, -0.1) is 0 Å². The van der Waals surface area contributed by atoms with Gasteiger partial charge in [0.05, 0.1) is 6.10 Å². The SMILES string of the molecule is C[C@H](O)CCCCCC[C@H](CN=O)N=O. The van der Waals surface area contributed by atoms with Crippen molar-refractivity contribution in [3.63, 3.8) is 0 Å². The maximum absolute atomic E-state index is 10.2. The molecular weight excluding hydrogens is 196 g/mol. The van der Waals surface area contributed by atoms with Crippen LogP contribution in [0.25, 0.3) is 0 Å². The number of aliphatic hydroxyl groups excluding tert-OH is 1. The molecule has 2 atom stereocenters. The van der Waals surface area contributed by atoms with E-state index in [-0.39, 0.29) is 12.6 Å². The Bertz CT molecular complexity index is 174. The Morgan fingerprint density at radius 2 is 1.67 bits per heavy atom. The number of nitroso groups, excluding NO2 is 2. The second-order valence-corrected chi connectivity index (χ2v) is 3.91. The molecule has 0 spiro atoms. The van der Waals surface area contributed by atoms with Crippen molar-refractivity contribution in [2.45, 2.75) is 57.6 Å². The van der Waals surface area contributed by atoms with Gasteiger partial charge in [0.1, 0.15) is 12.6 Å². The Hall–Kier alpha value is -0.840. The van der Waals surface area contributed by atoms with E-state index in [0.29, 0.717) is 6.42 Å². The van der Waals surface area contributed by atoms with Crippen molar-refractivity contribution in [2.24, 2.45) is 10.4 Å². The predicted molar refractivity (Wildman–Crippen MR) is 59.6 cm³/mol. The molecule has 0 aromatic carbocycles. The molecule has 5 nitrogen and oxygen atoms in total. The first-order valence-corrected chi connectivity index (χ1v) is 5.50. The molecule has 0 aliphatic heterocycles. The van der Waals surface area contributed by atoms with Gasteiger partial charge >= 0.3 is 0 Å². The van der Waals surface area contributed by atoms with Crippen LogP contribution in [0.5, 0.6) is 0 Å². The van der Waals surface area contributed by atoms with Gasteiger partial charge in [0, 0.05) is 0 Å². The highest BCUT2D eigenvalue weighted by atomic mass is 16.3. The van der Waals surface area contributed by atoms with Crippen LogP contribution in [0.2, 0.25) is 0 Å². The summed E-state index contributed by atoms with van der Waals surface area (Å²) in [6.07, 6.45) is 5.19. The molecule has 0 unspecified atom stereocenters. The molecule has 0 saturated heterocycles. The zero-order valence-electron chi connectivity index (χ0n) is 9.26. The molecule has 0 aromatic heterocycles. The third-order valence-electron chi connectivity index (χ3n) is 2.34. The molecule has 1 N–H and O–H groups in total. The molecule has 88 valence electrons. The summed E-state index contributed by atoms with van der Waals surface area (Å²) in [5.41, 5.74) is 0. The van der Waals surface area contributed by atoms with Crippen molar-refractivity contribution in [1.29, 1.82) is 0 Å². The average Bonchev–Trinajstić information content (AvgIpc) is 2.21. The van der Waals surface area contributed by atoms with Crippen molar-refractivity contribution < 1.29 is 5.11 Å². The molecule has 0 saturated carbocycles. The third-order valence-corrected chi connectivity index (χ3v) is 2.34. The maximum atomic E-state index is 10.2. The van der Waals surface area contributed by atoms with Gasteiger partial charge in [0.15, 0.2) is 0 Å². The third kappa shape index (κ3) is 9.46. The maximum Gasteiger partial charge on any atom is 0.115 e. The van der Waals surface area contributed by atoms with Crippen LogP contribution in [-0.2, 0) is 0 Å². The van der Waals surface area contributed by atoms with E-state index in [1.807, 2.05) is 0 Å². The van der Waals surface area contributed by atoms with E-state index in [0.717, 1.165) is 32.1 Å². The second kappa shape index (κ2) is 9.71. The number of hydrogen-bond donors (Lipinski definition) is 1. The van der Waals surface area contributed by atoms with Gasteiger partial charge in [-0.3, -0.25) is 0 Å². The van der Waals surface area contributed by atoms with Gasteiger partial charge in [-0.1, -0.05) is 36.0 Å². The van der Waals surface area contributed by atoms with Crippen LogP contribution < -0.4 is 0 Å². The van der Waals surface area contributed by atoms with E-state index in [2.05, 4.69) is 10.4 Å². The van der Waals surface area contributed by atoms with Gasteiger partial charge in [-0.05, 0) is 19.8 Å². The normalized spacial score (nSPS) is 14.5. The standard InChI is InChI=1S/C10H20N2O3/c1-9(13)6-4-2-3-5-7-10(12-15)8-11-14/h9-10,13H,2-8H2,1H3/t9-,10+/m0/s1. The van der Waals surface area contributed by atoms with Gasteiger partial charge in [-0.25, -0.2) is 0 Å². The summed E-state index contributed by atoms with van der Waals surface area (Å²) in [6, 6.07) is -0.445. The van der Waals surface area contributed by atoms with Gasteiger partial charge in [-0.2, -0.15) is 9.81 Å². The van der Waals surface area contributed by atoms with Crippen LogP contribution in [0.15, 0.2) is 10.4 Å². The summed E-state index contributed by atoms with van der Waals surface area (Å²) in [5.74, 6) is 0. The number of aliphatic hydroxyl groups is 1. The summed E-state index contributed by atoms with van der Waals surface area (Å²) in [7, 11) is 0. The van der Waals surface area contributed by atoms with E-state index in [1.54, 1.807) is 6.92 Å². The van der Waals surface area contributed by atoms with E-state index >= 15 is 0 Å². The number of unbranched alkanes of at least 4 members (excludes halogenated alkanes) is 3. The molecule has 0 heterocycles. The Morgan fingerprint density at radius 3 is 2.13 bits per heavy atom. The van der Waals surface area contributed by atoms with Crippen molar-refractivity contribution in [3.05, 3.63) is 9.81 Å². The fourth-order valence-electron chi connectivity index (χ4n) is 1.44. The number of rotatable bonds is 10. The highest BCUT2D eigenvalue weighted by Crippen LogP contribution is 2.10. The largest absolute Gasteiger partial charge is 0.393 e. The molecule has 0 aromatic rings. The van der Waals surface area contributed by atoms with Crippen LogP contribution in [-0.4, -0.2) is 23.8 Å². The molecule has 0 radical (unpaired) electrons. The van der Waals surface area contributed by atoms with Gasteiger partial charge in [0.25, 0.3) is 0 Å². The van der Waals surface area contributed by atoms with Crippen molar-refractivity contribution in [2.75, 3.05) is 6.54 Å². The summed E-state index contributed by atoms with van der Waals surface area (Å²) in [6.45, 7) is 1.78. The predicted octanol–water partition coefficient (Wildman–Crippen LogP) is 2.61.